The zero-order chi connectivity index (χ0) is 18.5. The van der Waals surface area contributed by atoms with Crippen LogP contribution in [0, 0.1) is 0 Å². The Morgan fingerprint density at radius 2 is 1.88 bits per heavy atom. The number of amides is 3. The van der Waals surface area contributed by atoms with Gasteiger partial charge in [0.25, 0.3) is 11.8 Å². The maximum atomic E-state index is 12.4. The normalized spacial score (nSPS) is 14.7. The van der Waals surface area contributed by atoms with Crippen LogP contribution >= 0.6 is 0 Å². The van der Waals surface area contributed by atoms with Crippen molar-refractivity contribution in [1.82, 2.24) is 10.2 Å². The summed E-state index contributed by atoms with van der Waals surface area (Å²) in [7, 11) is 0. The van der Waals surface area contributed by atoms with Crippen LogP contribution in [0.2, 0.25) is 0 Å². The monoisotopic (exact) mass is 355 g/mol. The lowest BCUT2D eigenvalue weighted by atomic mass is 10.0. The lowest BCUT2D eigenvalue weighted by Gasteiger charge is -2.32. The van der Waals surface area contributed by atoms with E-state index in [4.69, 9.17) is 4.42 Å². The summed E-state index contributed by atoms with van der Waals surface area (Å²) < 4.78 is 4.95. The topological polar surface area (TPSA) is 91.7 Å². The summed E-state index contributed by atoms with van der Waals surface area (Å²) >= 11 is 0. The zero-order valence-electron chi connectivity index (χ0n) is 14.5. The van der Waals surface area contributed by atoms with Gasteiger partial charge in [-0.1, -0.05) is 6.07 Å². The first kappa shape index (κ1) is 17.7. The number of carbonyl (C=O) groups is 3. The molecule has 136 valence electrons. The Balaban J connectivity index is 1.53. The molecule has 3 rings (SSSR count). The quantitative estimate of drug-likeness (QED) is 0.880. The van der Waals surface area contributed by atoms with Gasteiger partial charge in [0.05, 0.1) is 11.8 Å². The van der Waals surface area contributed by atoms with E-state index in [1.807, 2.05) is 0 Å². The van der Waals surface area contributed by atoms with Crippen molar-refractivity contribution in [3.05, 3.63) is 54.0 Å². The average molecular weight is 355 g/mol. The first-order valence-electron chi connectivity index (χ1n) is 8.53. The molecule has 7 nitrogen and oxygen atoms in total. The van der Waals surface area contributed by atoms with Crippen LogP contribution in [0.3, 0.4) is 0 Å². The molecule has 1 aromatic carbocycles. The van der Waals surface area contributed by atoms with Gasteiger partial charge in [-0.25, -0.2) is 0 Å². The molecule has 2 aromatic rings. The van der Waals surface area contributed by atoms with Gasteiger partial charge in [-0.05, 0) is 37.1 Å². The molecular formula is C19H21N3O4. The van der Waals surface area contributed by atoms with E-state index in [0.717, 1.165) is 0 Å². The van der Waals surface area contributed by atoms with Crippen molar-refractivity contribution in [2.75, 3.05) is 18.4 Å². The van der Waals surface area contributed by atoms with Crippen molar-refractivity contribution in [1.29, 1.82) is 0 Å². The van der Waals surface area contributed by atoms with Crippen molar-refractivity contribution in [2.45, 2.75) is 25.8 Å². The van der Waals surface area contributed by atoms with Crippen molar-refractivity contribution >= 4 is 23.4 Å². The van der Waals surface area contributed by atoms with Gasteiger partial charge in [-0.3, -0.25) is 14.4 Å². The Kier molecular flexibility index (Phi) is 5.36. The van der Waals surface area contributed by atoms with Crippen LogP contribution in [0.25, 0.3) is 0 Å². The third-order valence-electron chi connectivity index (χ3n) is 4.33. The first-order valence-corrected chi connectivity index (χ1v) is 8.53. The van der Waals surface area contributed by atoms with E-state index in [1.54, 1.807) is 35.2 Å². The summed E-state index contributed by atoms with van der Waals surface area (Å²) in [4.78, 5) is 37.6. The van der Waals surface area contributed by atoms with Crippen LogP contribution in [-0.2, 0) is 4.79 Å². The summed E-state index contributed by atoms with van der Waals surface area (Å²) in [6.45, 7) is 2.59. The number of rotatable bonds is 4. The van der Waals surface area contributed by atoms with Crippen LogP contribution in [0.4, 0.5) is 5.69 Å². The molecule has 2 heterocycles. The van der Waals surface area contributed by atoms with Gasteiger partial charge >= 0.3 is 0 Å². The molecule has 1 saturated heterocycles. The second-order valence-corrected chi connectivity index (χ2v) is 6.31. The Morgan fingerprint density at radius 1 is 1.12 bits per heavy atom. The molecule has 7 heteroatoms. The fraction of sp³-hybridized carbons (Fsp3) is 0.316. The Bertz CT molecular complexity index is 793. The molecule has 0 aliphatic carbocycles. The minimum absolute atomic E-state index is 0.0142. The number of anilines is 1. The summed E-state index contributed by atoms with van der Waals surface area (Å²) in [5.74, 6) is -0.416. The Morgan fingerprint density at radius 3 is 2.54 bits per heavy atom. The van der Waals surface area contributed by atoms with Crippen molar-refractivity contribution in [3.63, 3.8) is 0 Å². The molecule has 0 spiro atoms. The minimum Gasteiger partial charge on any atom is -0.472 e. The first-order chi connectivity index (χ1) is 12.5. The maximum absolute atomic E-state index is 12.4. The molecular weight excluding hydrogens is 334 g/mol. The molecule has 0 bridgehead atoms. The van der Waals surface area contributed by atoms with Crippen molar-refractivity contribution in [3.8, 4) is 0 Å². The van der Waals surface area contributed by atoms with E-state index in [2.05, 4.69) is 10.6 Å². The summed E-state index contributed by atoms with van der Waals surface area (Å²) in [5, 5.41) is 5.67. The van der Waals surface area contributed by atoms with Crippen molar-refractivity contribution < 1.29 is 18.8 Å². The smallest absolute Gasteiger partial charge is 0.257 e. The molecule has 1 fully saturated rings. The van der Waals surface area contributed by atoms with E-state index in [1.165, 1.54) is 19.5 Å². The molecule has 2 N–H and O–H groups in total. The zero-order valence-corrected chi connectivity index (χ0v) is 14.5. The van der Waals surface area contributed by atoms with Gasteiger partial charge in [-0.15, -0.1) is 0 Å². The number of hydrogen-bond acceptors (Lipinski definition) is 4. The van der Waals surface area contributed by atoms with Crippen LogP contribution in [0.15, 0.2) is 47.3 Å². The van der Waals surface area contributed by atoms with Crippen molar-refractivity contribution in [2.24, 2.45) is 0 Å². The maximum Gasteiger partial charge on any atom is 0.257 e. The molecule has 0 radical (unpaired) electrons. The highest BCUT2D eigenvalue weighted by Gasteiger charge is 2.25. The fourth-order valence-electron chi connectivity index (χ4n) is 3.01. The number of nitrogens with one attached hydrogen (secondary N) is 2. The van der Waals surface area contributed by atoms with Crippen LogP contribution in [0.1, 0.15) is 40.5 Å². The standard InChI is InChI=1S/C19H21N3O4/c1-13(23)20-17-4-2-3-14(11-17)18(24)21-16-5-8-22(9-6-16)19(25)15-7-10-26-12-15/h2-4,7,10-12,16H,5-6,8-9H2,1H3,(H,20,23)(H,21,24). The molecule has 1 aromatic heterocycles. The number of furan rings is 1. The molecule has 1 aliphatic heterocycles. The van der Waals surface area contributed by atoms with E-state index in [0.29, 0.717) is 42.7 Å². The lowest BCUT2D eigenvalue weighted by molar-refractivity contribution is -0.114. The van der Waals surface area contributed by atoms with Crippen LogP contribution < -0.4 is 10.6 Å². The predicted octanol–water partition coefficient (Wildman–Crippen LogP) is 2.27. The third kappa shape index (κ3) is 4.30. The van der Waals surface area contributed by atoms with Gasteiger partial charge < -0.3 is 20.0 Å². The number of piperidine rings is 1. The Labute approximate surface area is 151 Å². The molecule has 0 saturated carbocycles. The number of carbonyl (C=O) groups excluding carboxylic acids is 3. The second kappa shape index (κ2) is 7.86. The van der Waals surface area contributed by atoms with E-state index in [-0.39, 0.29) is 23.8 Å². The second-order valence-electron chi connectivity index (χ2n) is 6.31. The third-order valence-corrected chi connectivity index (χ3v) is 4.33. The number of likely N-dealkylation sites (tertiary alicyclic amines) is 1. The summed E-state index contributed by atoms with van der Waals surface area (Å²) in [6.07, 6.45) is 4.31. The molecule has 3 amide bonds. The van der Waals surface area contributed by atoms with E-state index in [9.17, 15) is 14.4 Å². The average Bonchev–Trinajstić information content (AvgIpc) is 3.16. The fourth-order valence-corrected chi connectivity index (χ4v) is 3.01. The van der Waals surface area contributed by atoms with Crippen LogP contribution in [-0.4, -0.2) is 41.8 Å². The number of nitrogens with zero attached hydrogens (tertiary/aromatic N) is 1. The van der Waals surface area contributed by atoms with Gasteiger partial charge in [-0.2, -0.15) is 0 Å². The minimum atomic E-state index is -0.184. The summed E-state index contributed by atoms with van der Waals surface area (Å²) in [5.41, 5.74) is 1.63. The molecule has 0 atom stereocenters. The number of hydrogen-bond donors (Lipinski definition) is 2. The highest BCUT2D eigenvalue weighted by Crippen LogP contribution is 2.16. The van der Waals surface area contributed by atoms with Gasteiger partial charge in [0.1, 0.15) is 6.26 Å². The largest absolute Gasteiger partial charge is 0.472 e. The van der Waals surface area contributed by atoms with Gasteiger partial charge in [0, 0.05) is 37.3 Å². The SMILES string of the molecule is CC(=O)Nc1cccc(C(=O)NC2CCN(C(=O)c3ccoc3)CC2)c1. The predicted molar refractivity (Wildman–Crippen MR) is 95.8 cm³/mol. The molecule has 0 unspecified atom stereocenters. The Hall–Kier alpha value is -3.09. The van der Waals surface area contributed by atoms with Crippen LogP contribution in [0.5, 0.6) is 0 Å². The number of benzene rings is 1. The molecule has 26 heavy (non-hydrogen) atoms. The molecule has 1 aliphatic rings. The van der Waals surface area contributed by atoms with E-state index >= 15 is 0 Å². The lowest BCUT2D eigenvalue weighted by Crippen LogP contribution is -2.46. The highest BCUT2D eigenvalue weighted by atomic mass is 16.3. The highest BCUT2D eigenvalue weighted by molar-refractivity contribution is 5.97. The van der Waals surface area contributed by atoms with E-state index < -0.39 is 0 Å². The summed E-state index contributed by atoms with van der Waals surface area (Å²) in [6, 6.07) is 8.48. The van der Waals surface area contributed by atoms with Gasteiger partial charge in [0.2, 0.25) is 5.91 Å². The van der Waals surface area contributed by atoms with Gasteiger partial charge in [0.15, 0.2) is 0 Å².